The van der Waals surface area contributed by atoms with Gasteiger partial charge in [-0.2, -0.15) is 23.4 Å². The molecule has 0 bridgehead atoms. The van der Waals surface area contributed by atoms with Gasteiger partial charge in [-0.25, -0.2) is 9.97 Å². The summed E-state index contributed by atoms with van der Waals surface area (Å²) in [6.45, 7) is 2.47. The van der Waals surface area contributed by atoms with Crippen LogP contribution in [0.4, 0.5) is 19.0 Å². The lowest BCUT2D eigenvalue weighted by Gasteiger charge is -2.30. The second-order valence-corrected chi connectivity index (χ2v) is 9.59. The van der Waals surface area contributed by atoms with E-state index in [2.05, 4.69) is 20.4 Å². The van der Waals surface area contributed by atoms with E-state index in [1.165, 1.54) is 12.1 Å². The van der Waals surface area contributed by atoms with Crippen LogP contribution in [-0.4, -0.2) is 65.1 Å². The molecule has 1 atom stereocenters. The molecule has 0 saturated heterocycles. The van der Waals surface area contributed by atoms with Crippen molar-refractivity contribution in [3.8, 4) is 17.0 Å². The first kappa shape index (κ1) is 26.9. The summed E-state index contributed by atoms with van der Waals surface area (Å²) in [6, 6.07) is 4.71. The van der Waals surface area contributed by atoms with E-state index in [9.17, 15) is 18.3 Å². The number of aliphatic hydroxyl groups excluding tert-OH is 2. The number of aromatic nitrogens is 6. The third kappa shape index (κ3) is 5.83. The van der Waals surface area contributed by atoms with Crippen molar-refractivity contribution in [2.24, 2.45) is 0 Å². The van der Waals surface area contributed by atoms with Crippen LogP contribution in [0.3, 0.4) is 0 Å². The van der Waals surface area contributed by atoms with E-state index in [1.54, 1.807) is 23.3 Å². The molecule has 4 aromatic heterocycles. The average Bonchev–Trinajstić information content (AvgIpc) is 3.53. The molecule has 0 aromatic carbocycles. The maximum absolute atomic E-state index is 13.4. The van der Waals surface area contributed by atoms with Gasteiger partial charge >= 0.3 is 6.18 Å². The predicted octanol–water partition coefficient (Wildman–Crippen LogP) is 4.06. The summed E-state index contributed by atoms with van der Waals surface area (Å²) in [5, 5.41) is 32.2. The molecule has 3 N–H and O–H groups in total. The minimum atomic E-state index is -4.58. The van der Waals surface area contributed by atoms with Crippen molar-refractivity contribution in [2.45, 2.75) is 63.6 Å². The van der Waals surface area contributed by atoms with Gasteiger partial charge in [0.2, 0.25) is 0 Å². The maximum atomic E-state index is 13.4. The van der Waals surface area contributed by atoms with Crippen LogP contribution in [0.15, 0.2) is 43.0 Å². The smallest absolute Gasteiger partial charge is 0.437 e. The lowest BCUT2D eigenvalue weighted by Crippen LogP contribution is -2.27. The van der Waals surface area contributed by atoms with Crippen LogP contribution in [0, 0.1) is 0 Å². The molecule has 208 valence electrons. The molecule has 1 fully saturated rings. The van der Waals surface area contributed by atoms with E-state index >= 15 is 0 Å². The second-order valence-electron chi connectivity index (χ2n) is 9.59. The summed E-state index contributed by atoms with van der Waals surface area (Å²) in [5.74, 6) is 0.470. The molecule has 1 aliphatic rings. The fourth-order valence-corrected chi connectivity index (χ4v) is 4.95. The van der Waals surface area contributed by atoms with E-state index < -0.39 is 18.0 Å². The van der Waals surface area contributed by atoms with Gasteiger partial charge in [-0.05, 0) is 44.7 Å². The molecule has 1 saturated carbocycles. The van der Waals surface area contributed by atoms with E-state index in [4.69, 9.17) is 14.9 Å². The van der Waals surface area contributed by atoms with Gasteiger partial charge in [0.05, 0.1) is 43.1 Å². The van der Waals surface area contributed by atoms with Gasteiger partial charge in [-0.15, -0.1) is 0 Å². The van der Waals surface area contributed by atoms with Gasteiger partial charge in [0.25, 0.3) is 0 Å². The Balaban J connectivity index is 1.39. The van der Waals surface area contributed by atoms with Crippen molar-refractivity contribution in [3.63, 3.8) is 0 Å². The van der Waals surface area contributed by atoms with E-state index in [1.807, 2.05) is 17.7 Å². The molecule has 0 spiro atoms. The number of ether oxygens (including phenoxy) is 1. The first-order chi connectivity index (χ1) is 18.8. The molecular weight excluding hydrogens is 515 g/mol. The van der Waals surface area contributed by atoms with E-state index in [0.29, 0.717) is 43.7 Å². The second kappa shape index (κ2) is 11.2. The summed E-state index contributed by atoms with van der Waals surface area (Å²) >= 11 is 0. The number of hydrogen-bond acceptors (Lipinski definition) is 8. The third-order valence-corrected chi connectivity index (χ3v) is 6.79. The Bertz CT molecular complexity index is 1410. The first-order valence-corrected chi connectivity index (χ1v) is 12.9. The molecule has 0 unspecified atom stereocenters. The minimum absolute atomic E-state index is 0.0141. The highest BCUT2D eigenvalue weighted by Crippen LogP contribution is 2.39. The molecule has 39 heavy (non-hydrogen) atoms. The van der Waals surface area contributed by atoms with E-state index in [-0.39, 0.29) is 31.0 Å². The zero-order valence-electron chi connectivity index (χ0n) is 21.3. The Morgan fingerprint density at radius 2 is 1.97 bits per heavy atom. The molecule has 0 aliphatic heterocycles. The van der Waals surface area contributed by atoms with Gasteiger partial charge in [-0.3, -0.25) is 9.36 Å². The number of halogens is 3. The van der Waals surface area contributed by atoms with Crippen molar-refractivity contribution >= 4 is 16.7 Å². The normalized spacial score (nSPS) is 18.8. The number of anilines is 1. The zero-order chi connectivity index (χ0) is 27.6. The summed E-state index contributed by atoms with van der Waals surface area (Å²) in [7, 11) is 0. The molecule has 0 radical (unpaired) electrons. The van der Waals surface area contributed by atoms with Crippen LogP contribution < -0.4 is 10.1 Å². The highest BCUT2D eigenvalue weighted by molar-refractivity contribution is 5.93. The molecule has 4 aromatic rings. The monoisotopic (exact) mass is 545 g/mol. The number of hydrogen-bond donors (Lipinski definition) is 3. The summed E-state index contributed by atoms with van der Waals surface area (Å²) in [4.78, 5) is 7.99. The molecule has 4 heterocycles. The highest BCUT2D eigenvalue weighted by Gasteiger charge is 2.37. The number of nitrogens with zero attached hydrogens (tertiary/aromatic N) is 6. The van der Waals surface area contributed by atoms with Gasteiger partial charge < -0.3 is 20.3 Å². The number of fused-ring (bicyclic) bond motifs is 1. The van der Waals surface area contributed by atoms with Crippen LogP contribution in [-0.2, 0) is 12.7 Å². The summed E-state index contributed by atoms with van der Waals surface area (Å²) in [6.07, 6.45) is 2.91. The number of alkyl halides is 3. The largest absolute Gasteiger partial charge is 0.488 e. The van der Waals surface area contributed by atoms with Gasteiger partial charge in [0, 0.05) is 42.2 Å². The fraction of sp³-hybridized carbons (Fsp3) is 0.462. The lowest BCUT2D eigenvalue weighted by molar-refractivity contribution is -0.143. The van der Waals surface area contributed by atoms with Crippen molar-refractivity contribution in [2.75, 3.05) is 18.5 Å². The van der Waals surface area contributed by atoms with Crippen LogP contribution in [0.1, 0.15) is 44.3 Å². The standard InChI is InChI=1S/C26H30F3N7O3/c1-2-30-23-10-21-20(12-32-23)24(16-11-33-35(13-16)14-18(38)15-37)34-36(21)17-5-7-19(8-6-17)39-22-4-3-9-31-25(22)26(27,28)29/h3-4,9-13,17-19,37-38H,2,5-8,14-15H2,1H3,(H,30,32)/t17?,18-,19?/m1/s1. The minimum Gasteiger partial charge on any atom is -0.488 e. The van der Waals surface area contributed by atoms with Crippen molar-refractivity contribution in [1.82, 2.24) is 29.5 Å². The fourth-order valence-electron chi connectivity index (χ4n) is 4.95. The van der Waals surface area contributed by atoms with Crippen molar-refractivity contribution in [1.29, 1.82) is 0 Å². The molecule has 0 amide bonds. The van der Waals surface area contributed by atoms with Crippen LogP contribution in [0.25, 0.3) is 22.2 Å². The molecule has 5 rings (SSSR count). The Morgan fingerprint density at radius 1 is 1.18 bits per heavy atom. The number of aliphatic hydroxyl groups is 2. The Labute approximate surface area is 222 Å². The molecule has 10 nitrogen and oxygen atoms in total. The van der Waals surface area contributed by atoms with Crippen LogP contribution in [0.2, 0.25) is 0 Å². The van der Waals surface area contributed by atoms with Crippen LogP contribution in [0.5, 0.6) is 5.75 Å². The number of pyridine rings is 2. The quantitative estimate of drug-likeness (QED) is 0.288. The Hall–Kier alpha value is -3.71. The topological polar surface area (TPSA) is 123 Å². The number of nitrogens with one attached hydrogen (secondary N) is 1. The first-order valence-electron chi connectivity index (χ1n) is 12.9. The Kier molecular flexibility index (Phi) is 7.71. The SMILES string of the molecule is CCNc1cc2c(cn1)c(-c1cnn(C[C@@H](O)CO)c1)nn2C1CCC(Oc2cccnc2C(F)(F)F)CC1. The predicted molar refractivity (Wildman–Crippen MR) is 137 cm³/mol. The molecule has 1 aliphatic carbocycles. The molecule has 13 heteroatoms. The van der Waals surface area contributed by atoms with Gasteiger partial charge in [-0.1, -0.05) is 0 Å². The number of rotatable bonds is 9. The van der Waals surface area contributed by atoms with Crippen molar-refractivity contribution in [3.05, 3.63) is 48.7 Å². The van der Waals surface area contributed by atoms with Gasteiger partial charge in [0.15, 0.2) is 11.4 Å². The lowest BCUT2D eigenvalue weighted by atomic mass is 9.93. The highest BCUT2D eigenvalue weighted by atomic mass is 19.4. The van der Waals surface area contributed by atoms with Gasteiger partial charge in [0.1, 0.15) is 11.5 Å². The van der Waals surface area contributed by atoms with Crippen LogP contribution >= 0.6 is 0 Å². The Morgan fingerprint density at radius 3 is 2.69 bits per heavy atom. The molecular formula is C26H30F3N7O3. The maximum Gasteiger partial charge on any atom is 0.437 e. The summed E-state index contributed by atoms with van der Waals surface area (Å²) < 4.78 is 49.3. The van der Waals surface area contributed by atoms with E-state index in [0.717, 1.165) is 22.7 Å². The third-order valence-electron chi connectivity index (χ3n) is 6.79. The zero-order valence-corrected chi connectivity index (χ0v) is 21.3. The summed E-state index contributed by atoms with van der Waals surface area (Å²) in [5.41, 5.74) is 1.31. The average molecular weight is 546 g/mol. The van der Waals surface area contributed by atoms with Crippen molar-refractivity contribution < 1.29 is 28.1 Å².